The van der Waals surface area contributed by atoms with E-state index in [-0.39, 0.29) is 12.1 Å². The number of pyridine rings is 1. The number of amides is 2. The number of carbonyl (C=O) groups is 1. The summed E-state index contributed by atoms with van der Waals surface area (Å²) in [7, 11) is 1.89. The molecule has 6 heteroatoms. The first-order valence-corrected chi connectivity index (χ1v) is 8.90. The maximum Gasteiger partial charge on any atom is 0.337 e. The topological polar surface area (TPSA) is 48.5 Å². The molecule has 0 unspecified atom stereocenters. The SMILES string of the molecule is C=C(C)SC(=C)c1ccc2cnc(NC(=O)N3[C@@H](C)CN3C)cc2c1. The summed E-state index contributed by atoms with van der Waals surface area (Å²) in [6, 6.07) is 8.03. The first-order valence-electron chi connectivity index (χ1n) is 8.09. The molecule has 0 radical (unpaired) electrons. The number of hydrogen-bond acceptors (Lipinski definition) is 4. The van der Waals surface area contributed by atoms with Crippen LogP contribution in [-0.4, -0.2) is 40.7 Å². The number of nitrogens with one attached hydrogen (secondary N) is 1. The number of anilines is 1. The van der Waals surface area contributed by atoms with Crippen LogP contribution < -0.4 is 5.32 Å². The number of carbonyl (C=O) groups excluding carboxylic acids is 1. The van der Waals surface area contributed by atoms with Crippen molar-refractivity contribution in [2.24, 2.45) is 0 Å². The normalized spacial score (nSPS) is 17.2. The van der Waals surface area contributed by atoms with Crippen molar-refractivity contribution in [1.82, 2.24) is 15.0 Å². The molecule has 2 amide bonds. The molecule has 130 valence electrons. The molecule has 1 saturated heterocycles. The van der Waals surface area contributed by atoms with Crippen molar-refractivity contribution >= 4 is 39.3 Å². The summed E-state index contributed by atoms with van der Waals surface area (Å²) in [5, 5.41) is 8.47. The van der Waals surface area contributed by atoms with Gasteiger partial charge in [0.1, 0.15) is 5.82 Å². The number of hydrazine groups is 1. The number of fused-ring (bicyclic) bond motifs is 1. The summed E-state index contributed by atoms with van der Waals surface area (Å²) < 4.78 is 0. The van der Waals surface area contributed by atoms with E-state index in [4.69, 9.17) is 0 Å². The van der Waals surface area contributed by atoms with Crippen LogP contribution in [-0.2, 0) is 0 Å². The molecule has 0 spiro atoms. The third-order valence-corrected chi connectivity index (χ3v) is 4.93. The largest absolute Gasteiger partial charge is 0.337 e. The van der Waals surface area contributed by atoms with Gasteiger partial charge in [0.15, 0.2) is 0 Å². The minimum atomic E-state index is -0.161. The molecule has 2 aromatic rings. The van der Waals surface area contributed by atoms with Gasteiger partial charge in [-0.15, -0.1) is 0 Å². The van der Waals surface area contributed by atoms with Crippen LogP contribution >= 0.6 is 11.8 Å². The number of hydrogen-bond donors (Lipinski definition) is 1. The van der Waals surface area contributed by atoms with E-state index in [2.05, 4.69) is 29.5 Å². The molecular weight excluding hydrogens is 332 g/mol. The van der Waals surface area contributed by atoms with Crippen LogP contribution in [0.2, 0.25) is 0 Å². The third kappa shape index (κ3) is 3.70. The van der Waals surface area contributed by atoms with E-state index >= 15 is 0 Å². The van der Waals surface area contributed by atoms with E-state index in [0.717, 1.165) is 32.7 Å². The van der Waals surface area contributed by atoms with Gasteiger partial charge in [-0.05, 0) is 41.8 Å². The Balaban J connectivity index is 1.82. The summed E-state index contributed by atoms with van der Waals surface area (Å²) >= 11 is 1.56. The molecular formula is C19H22N4OS. The number of allylic oxidation sites excluding steroid dienone is 1. The molecule has 1 fully saturated rings. The molecule has 25 heavy (non-hydrogen) atoms. The number of thioether (sulfide) groups is 1. The van der Waals surface area contributed by atoms with E-state index in [1.807, 2.05) is 44.1 Å². The molecule has 1 aliphatic heterocycles. The second-order valence-electron chi connectivity index (χ2n) is 6.32. The molecule has 1 N–H and O–H groups in total. The monoisotopic (exact) mass is 354 g/mol. The van der Waals surface area contributed by atoms with Gasteiger partial charge in [-0.25, -0.2) is 14.8 Å². The van der Waals surface area contributed by atoms with Crippen LogP contribution in [0.4, 0.5) is 10.6 Å². The lowest BCUT2D eigenvalue weighted by Gasteiger charge is -2.46. The Labute approximate surface area is 152 Å². The van der Waals surface area contributed by atoms with Crippen molar-refractivity contribution in [2.75, 3.05) is 18.9 Å². The van der Waals surface area contributed by atoms with Crippen LogP contribution in [0.1, 0.15) is 19.4 Å². The zero-order valence-corrected chi connectivity index (χ0v) is 15.6. The summed E-state index contributed by atoms with van der Waals surface area (Å²) in [5.41, 5.74) is 1.04. The lowest BCUT2D eigenvalue weighted by Crippen LogP contribution is -2.64. The van der Waals surface area contributed by atoms with Crippen molar-refractivity contribution in [3.8, 4) is 0 Å². The smallest absolute Gasteiger partial charge is 0.291 e. The molecule has 2 heterocycles. The molecule has 1 aliphatic rings. The van der Waals surface area contributed by atoms with Crippen molar-refractivity contribution in [3.05, 3.63) is 54.1 Å². The molecule has 0 bridgehead atoms. The van der Waals surface area contributed by atoms with Gasteiger partial charge in [0.2, 0.25) is 0 Å². The number of benzene rings is 1. The van der Waals surface area contributed by atoms with Gasteiger partial charge in [-0.2, -0.15) is 0 Å². The maximum absolute atomic E-state index is 12.4. The zero-order chi connectivity index (χ0) is 18.1. The highest BCUT2D eigenvalue weighted by Crippen LogP contribution is 2.32. The second kappa shape index (κ2) is 6.90. The van der Waals surface area contributed by atoms with E-state index < -0.39 is 0 Å². The number of aromatic nitrogens is 1. The van der Waals surface area contributed by atoms with Crippen LogP contribution in [0.15, 0.2) is 48.5 Å². The molecule has 1 aromatic carbocycles. The number of likely N-dealkylation sites (N-methyl/N-ethyl adjacent to an activating group) is 1. The van der Waals surface area contributed by atoms with Gasteiger partial charge in [-0.3, -0.25) is 10.3 Å². The van der Waals surface area contributed by atoms with Crippen molar-refractivity contribution in [1.29, 1.82) is 0 Å². The van der Waals surface area contributed by atoms with E-state index in [1.54, 1.807) is 23.0 Å². The fourth-order valence-electron chi connectivity index (χ4n) is 2.96. The molecule has 1 aromatic heterocycles. The Bertz CT molecular complexity index is 856. The van der Waals surface area contributed by atoms with E-state index in [0.29, 0.717) is 5.82 Å². The predicted octanol–water partition coefficient (Wildman–Crippen LogP) is 4.56. The minimum Gasteiger partial charge on any atom is -0.291 e. The van der Waals surface area contributed by atoms with Crippen LogP contribution in [0.5, 0.6) is 0 Å². The third-order valence-electron chi connectivity index (χ3n) is 4.10. The fourth-order valence-corrected chi connectivity index (χ4v) is 3.63. The molecule has 0 aliphatic carbocycles. The van der Waals surface area contributed by atoms with Crippen molar-refractivity contribution in [2.45, 2.75) is 19.9 Å². The molecule has 3 rings (SSSR count). The molecule has 1 atom stereocenters. The lowest BCUT2D eigenvalue weighted by molar-refractivity contribution is -0.0864. The van der Waals surface area contributed by atoms with Gasteiger partial charge in [0.05, 0.1) is 6.04 Å². The predicted molar refractivity (Wildman–Crippen MR) is 106 cm³/mol. The van der Waals surface area contributed by atoms with Gasteiger partial charge in [0, 0.05) is 30.1 Å². The quantitative estimate of drug-likeness (QED) is 0.875. The van der Waals surface area contributed by atoms with Gasteiger partial charge >= 0.3 is 6.03 Å². The fraction of sp³-hybridized carbons (Fsp3) is 0.263. The Hall–Kier alpha value is -2.31. The number of rotatable bonds is 4. The first-order chi connectivity index (χ1) is 11.8. The van der Waals surface area contributed by atoms with Crippen molar-refractivity contribution in [3.63, 3.8) is 0 Å². The number of nitrogens with zero attached hydrogens (tertiary/aromatic N) is 3. The lowest BCUT2D eigenvalue weighted by atomic mass is 10.1. The zero-order valence-electron chi connectivity index (χ0n) is 14.7. The Morgan fingerprint density at radius 2 is 2.08 bits per heavy atom. The standard InChI is InChI=1S/C19H22N4OS/c1-12(2)25-14(4)15-6-7-16-10-20-18(9-17(16)8-15)21-19(24)23-13(3)11-22(23)5/h6-10,13H,1,4,11H2,2-3,5H3,(H,20,21,24)/t13-/m0/s1. The molecule has 0 saturated carbocycles. The van der Waals surface area contributed by atoms with Crippen LogP contribution in [0.3, 0.4) is 0 Å². The average molecular weight is 354 g/mol. The summed E-state index contributed by atoms with van der Waals surface area (Å²) in [6.07, 6.45) is 1.77. The highest BCUT2D eigenvalue weighted by molar-refractivity contribution is 8.11. The summed E-state index contributed by atoms with van der Waals surface area (Å²) in [4.78, 5) is 18.6. The molecule has 5 nitrogen and oxygen atoms in total. The van der Waals surface area contributed by atoms with E-state index in [1.165, 1.54) is 0 Å². The van der Waals surface area contributed by atoms with E-state index in [9.17, 15) is 4.79 Å². The summed E-state index contributed by atoms with van der Waals surface area (Å²) in [6.45, 7) is 12.9. The Morgan fingerprint density at radius 3 is 2.72 bits per heavy atom. The van der Waals surface area contributed by atoms with Gasteiger partial charge in [-0.1, -0.05) is 37.1 Å². The highest BCUT2D eigenvalue weighted by Gasteiger charge is 2.34. The Morgan fingerprint density at radius 1 is 1.32 bits per heavy atom. The summed E-state index contributed by atoms with van der Waals surface area (Å²) in [5.74, 6) is 0.542. The minimum absolute atomic E-state index is 0.161. The highest BCUT2D eigenvalue weighted by atomic mass is 32.2. The van der Waals surface area contributed by atoms with Gasteiger partial charge in [0.25, 0.3) is 0 Å². The Kier molecular flexibility index (Phi) is 4.83. The van der Waals surface area contributed by atoms with Crippen LogP contribution in [0, 0.1) is 0 Å². The maximum atomic E-state index is 12.4. The van der Waals surface area contributed by atoms with Crippen molar-refractivity contribution < 1.29 is 4.79 Å². The average Bonchev–Trinajstić information content (AvgIpc) is 2.53. The first kappa shape index (κ1) is 17.5. The second-order valence-corrected chi connectivity index (χ2v) is 7.72. The number of urea groups is 1. The van der Waals surface area contributed by atoms with Crippen LogP contribution in [0.25, 0.3) is 15.7 Å². The van der Waals surface area contributed by atoms with Gasteiger partial charge < -0.3 is 0 Å².